The summed E-state index contributed by atoms with van der Waals surface area (Å²) in [5.74, 6) is 0. The molecule has 140 valence electrons. The van der Waals surface area contributed by atoms with Crippen LogP contribution in [0.4, 0.5) is 26.3 Å². The molecule has 0 bridgehead atoms. The normalized spacial score (nSPS) is 12.6. The van der Waals surface area contributed by atoms with Crippen molar-refractivity contribution in [1.82, 2.24) is 9.97 Å². The number of pyridine rings is 2. The van der Waals surface area contributed by atoms with E-state index in [-0.39, 0.29) is 28.0 Å². The highest BCUT2D eigenvalue weighted by atomic mass is 35.5. The monoisotopic (exact) mass is 417 g/mol. The molecule has 0 saturated heterocycles. The summed E-state index contributed by atoms with van der Waals surface area (Å²) in [7, 11) is 0. The SMILES string of the molecule is FC(F)(F)c1cnc(/C=N/OCc2ncc(C(F)(F)F)cc2Cl)c(Cl)c1. The third-order valence-corrected chi connectivity index (χ3v) is 3.52. The maximum absolute atomic E-state index is 12.5. The maximum atomic E-state index is 12.5. The van der Waals surface area contributed by atoms with Crippen LogP contribution in [0.15, 0.2) is 29.7 Å². The molecular weight excluding hydrogens is 411 g/mol. The Labute approximate surface area is 152 Å². The van der Waals surface area contributed by atoms with Gasteiger partial charge in [0, 0.05) is 12.4 Å². The first-order chi connectivity index (χ1) is 12.0. The Balaban J connectivity index is 2.02. The van der Waals surface area contributed by atoms with Gasteiger partial charge in [0.25, 0.3) is 0 Å². The number of nitrogens with zero attached hydrogens (tertiary/aromatic N) is 3. The molecule has 0 unspecified atom stereocenters. The van der Waals surface area contributed by atoms with E-state index in [4.69, 9.17) is 28.0 Å². The number of hydrogen-bond donors (Lipinski definition) is 0. The maximum Gasteiger partial charge on any atom is 0.417 e. The van der Waals surface area contributed by atoms with Crippen molar-refractivity contribution in [2.24, 2.45) is 5.16 Å². The van der Waals surface area contributed by atoms with E-state index in [1.807, 2.05) is 0 Å². The molecule has 0 aliphatic heterocycles. The van der Waals surface area contributed by atoms with Crippen molar-refractivity contribution in [3.8, 4) is 0 Å². The number of alkyl halides is 6. The lowest BCUT2D eigenvalue weighted by Gasteiger charge is -2.08. The zero-order valence-corrected chi connectivity index (χ0v) is 13.9. The first-order valence-corrected chi connectivity index (χ1v) is 7.34. The second-order valence-corrected chi connectivity index (χ2v) is 5.56. The fourth-order valence-corrected chi connectivity index (χ4v) is 2.05. The zero-order valence-electron chi connectivity index (χ0n) is 12.4. The Kier molecular flexibility index (Phi) is 5.97. The van der Waals surface area contributed by atoms with Crippen LogP contribution in [0.5, 0.6) is 0 Å². The minimum absolute atomic E-state index is 0.0108. The van der Waals surface area contributed by atoms with E-state index in [2.05, 4.69) is 15.1 Å². The van der Waals surface area contributed by atoms with E-state index >= 15 is 0 Å². The molecule has 2 rings (SSSR count). The molecule has 4 nitrogen and oxygen atoms in total. The number of halogens is 8. The predicted octanol–water partition coefficient (Wildman–Crippen LogP) is 5.37. The molecule has 12 heteroatoms. The Hall–Kier alpha value is -2.07. The van der Waals surface area contributed by atoms with Gasteiger partial charge in [-0.2, -0.15) is 26.3 Å². The summed E-state index contributed by atoms with van der Waals surface area (Å²) >= 11 is 11.3. The van der Waals surface area contributed by atoms with Crippen molar-refractivity contribution in [3.05, 3.63) is 57.1 Å². The number of hydrogen-bond acceptors (Lipinski definition) is 4. The van der Waals surface area contributed by atoms with E-state index in [0.717, 1.165) is 6.21 Å². The number of aromatic nitrogens is 2. The second kappa shape index (κ2) is 7.67. The predicted molar refractivity (Wildman–Crippen MR) is 80.9 cm³/mol. The number of oxime groups is 1. The van der Waals surface area contributed by atoms with Crippen molar-refractivity contribution in [2.75, 3.05) is 0 Å². The van der Waals surface area contributed by atoms with Gasteiger partial charge < -0.3 is 4.84 Å². The van der Waals surface area contributed by atoms with Gasteiger partial charge in [0.2, 0.25) is 0 Å². The Morgan fingerprint density at radius 2 is 1.46 bits per heavy atom. The number of rotatable bonds is 4. The molecule has 2 aromatic rings. The van der Waals surface area contributed by atoms with E-state index < -0.39 is 23.5 Å². The molecule has 2 aromatic heterocycles. The van der Waals surface area contributed by atoms with Gasteiger partial charge in [-0.3, -0.25) is 9.97 Å². The third kappa shape index (κ3) is 5.21. The van der Waals surface area contributed by atoms with Gasteiger partial charge in [-0.25, -0.2) is 0 Å². The van der Waals surface area contributed by atoms with Gasteiger partial charge >= 0.3 is 12.4 Å². The first-order valence-electron chi connectivity index (χ1n) is 6.58. The lowest BCUT2D eigenvalue weighted by molar-refractivity contribution is -0.138. The summed E-state index contributed by atoms with van der Waals surface area (Å²) in [5.41, 5.74) is -2.15. The summed E-state index contributed by atoms with van der Waals surface area (Å²) in [5, 5.41) is 2.84. The Bertz CT molecular complexity index is 823. The summed E-state index contributed by atoms with van der Waals surface area (Å²) in [4.78, 5) is 11.8. The van der Waals surface area contributed by atoms with Crippen LogP contribution in [-0.4, -0.2) is 16.2 Å². The summed E-state index contributed by atoms with van der Waals surface area (Å²) in [6.45, 7) is -0.369. The van der Waals surface area contributed by atoms with Crippen molar-refractivity contribution in [1.29, 1.82) is 0 Å². The van der Waals surface area contributed by atoms with Crippen molar-refractivity contribution < 1.29 is 31.2 Å². The van der Waals surface area contributed by atoms with Crippen LogP contribution in [0, 0.1) is 0 Å². The molecule has 0 spiro atoms. The van der Waals surface area contributed by atoms with Crippen LogP contribution >= 0.6 is 23.2 Å². The summed E-state index contributed by atoms with van der Waals surface area (Å²) in [6.07, 6.45) is -7.07. The molecule has 26 heavy (non-hydrogen) atoms. The van der Waals surface area contributed by atoms with Crippen LogP contribution in [0.3, 0.4) is 0 Å². The lowest BCUT2D eigenvalue weighted by atomic mass is 10.2. The zero-order chi connectivity index (χ0) is 19.5. The average Bonchev–Trinajstić information content (AvgIpc) is 2.52. The van der Waals surface area contributed by atoms with Crippen molar-refractivity contribution in [3.63, 3.8) is 0 Å². The molecule has 0 N–H and O–H groups in total. The van der Waals surface area contributed by atoms with Crippen molar-refractivity contribution in [2.45, 2.75) is 19.0 Å². The van der Waals surface area contributed by atoms with Crippen LogP contribution in [0.1, 0.15) is 22.5 Å². The summed E-state index contributed by atoms with van der Waals surface area (Å²) in [6, 6.07) is 1.36. The molecule has 0 radical (unpaired) electrons. The topological polar surface area (TPSA) is 47.4 Å². The van der Waals surface area contributed by atoms with Gasteiger partial charge in [-0.05, 0) is 12.1 Å². The fourth-order valence-electron chi connectivity index (χ4n) is 1.61. The minimum Gasteiger partial charge on any atom is -0.389 e. The Morgan fingerprint density at radius 1 is 0.923 bits per heavy atom. The highest BCUT2D eigenvalue weighted by Gasteiger charge is 2.32. The molecule has 0 aromatic carbocycles. The molecule has 0 amide bonds. The van der Waals surface area contributed by atoms with Gasteiger partial charge in [0.05, 0.1) is 33.1 Å². The fraction of sp³-hybridized carbons (Fsp3) is 0.214. The van der Waals surface area contributed by atoms with Crippen LogP contribution < -0.4 is 0 Å². The second-order valence-electron chi connectivity index (χ2n) is 4.75. The van der Waals surface area contributed by atoms with E-state index in [0.29, 0.717) is 24.5 Å². The molecule has 0 saturated carbocycles. The van der Waals surface area contributed by atoms with E-state index in [9.17, 15) is 26.3 Å². The molecule has 0 aliphatic carbocycles. The average molecular weight is 418 g/mol. The molecular formula is C14H7Cl2F6N3O. The smallest absolute Gasteiger partial charge is 0.389 e. The van der Waals surface area contributed by atoms with Crippen molar-refractivity contribution >= 4 is 29.4 Å². The van der Waals surface area contributed by atoms with Gasteiger partial charge in [0.15, 0.2) is 6.61 Å². The molecule has 0 atom stereocenters. The lowest BCUT2D eigenvalue weighted by Crippen LogP contribution is -2.07. The van der Waals surface area contributed by atoms with Gasteiger partial charge in [-0.15, -0.1) is 0 Å². The van der Waals surface area contributed by atoms with E-state index in [1.165, 1.54) is 0 Å². The summed E-state index contributed by atoms with van der Waals surface area (Å²) < 4.78 is 74.9. The Morgan fingerprint density at radius 3 is 1.96 bits per heavy atom. The standard InChI is InChI=1S/C14H7Cl2F6N3O/c15-9-1-7(13(17,18)19)3-23-11(9)5-25-26-6-12-10(16)2-8(4-24-12)14(20,21)22/h1-5H,6H2/b25-5+. The van der Waals surface area contributed by atoms with E-state index in [1.54, 1.807) is 0 Å². The van der Waals surface area contributed by atoms with Gasteiger partial charge in [-0.1, -0.05) is 28.4 Å². The minimum atomic E-state index is -4.59. The molecule has 0 fully saturated rings. The van der Waals surface area contributed by atoms with Crippen LogP contribution in [0.25, 0.3) is 0 Å². The quantitative estimate of drug-likeness (QED) is 0.381. The third-order valence-electron chi connectivity index (χ3n) is 2.89. The van der Waals surface area contributed by atoms with Gasteiger partial charge in [0.1, 0.15) is 5.69 Å². The molecule has 0 aliphatic rings. The highest BCUT2D eigenvalue weighted by molar-refractivity contribution is 6.32. The van der Waals surface area contributed by atoms with Crippen LogP contribution in [-0.2, 0) is 23.8 Å². The largest absolute Gasteiger partial charge is 0.417 e. The molecule has 2 heterocycles. The first kappa shape index (κ1) is 20.2. The highest BCUT2D eigenvalue weighted by Crippen LogP contribution is 2.32. The van der Waals surface area contributed by atoms with Crippen LogP contribution in [0.2, 0.25) is 10.0 Å².